The summed E-state index contributed by atoms with van der Waals surface area (Å²) in [5.74, 6) is 0.711. The zero-order chi connectivity index (χ0) is 13.1. The number of anilines is 1. The molecule has 2 aromatic rings. The molecule has 7 heteroatoms. The number of aryl methyl sites for hydroxylation is 1. The van der Waals surface area contributed by atoms with Gasteiger partial charge >= 0.3 is 0 Å². The molecule has 0 atom stereocenters. The van der Waals surface area contributed by atoms with Crippen LogP contribution in [0.4, 0.5) is 5.69 Å². The Morgan fingerprint density at radius 2 is 2.28 bits per heavy atom. The molecule has 96 valence electrons. The lowest BCUT2D eigenvalue weighted by Gasteiger charge is -2.12. The number of hydrogen-bond donors (Lipinski definition) is 1. The minimum absolute atomic E-state index is 0.553. The molecule has 0 amide bonds. The first kappa shape index (κ1) is 13.2. The van der Waals surface area contributed by atoms with Crippen molar-refractivity contribution >= 4 is 33.2 Å². The lowest BCUT2D eigenvalue weighted by molar-refractivity contribution is 0.414. The van der Waals surface area contributed by atoms with Crippen LogP contribution in [0.15, 0.2) is 22.8 Å². The van der Waals surface area contributed by atoms with Gasteiger partial charge in [0.25, 0.3) is 0 Å². The largest absolute Gasteiger partial charge is 0.493 e. The molecule has 0 saturated carbocycles. The molecule has 0 aliphatic carbocycles. The summed E-state index contributed by atoms with van der Waals surface area (Å²) in [4.78, 5) is 0. The summed E-state index contributed by atoms with van der Waals surface area (Å²) < 4.78 is 7.78. The molecule has 0 bridgehead atoms. The number of nitrogens with one attached hydrogen (secondary N) is 1. The van der Waals surface area contributed by atoms with Crippen molar-refractivity contribution in [3.63, 3.8) is 0 Å². The second-order valence-corrected chi connectivity index (χ2v) is 5.00. The normalized spacial score (nSPS) is 10.4. The van der Waals surface area contributed by atoms with Gasteiger partial charge in [0, 0.05) is 18.3 Å². The van der Waals surface area contributed by atoms with Gasteiger partial charge in [0.15, 0.2) is 5.75 Å². The van der Waals surface area contributed by atoms with Crippen molar-refractivity contribution in [2.24, 2.45) is 7.05 Å². The summed E-state index contributed by atoms with van der Waals surface area (Å²) >= 11 is 9.41. The molecular weight excluding hydrogens is 320 g/mol. The Labute approximate surface area is 118 Å². The van der Waals surface area contributed by atoms with E-state index in [1.54, 1.807) is 17.9 Å². The summed E-state index contributed by atoms with van der Waals surface area (Å²) in [6.45, 7) is 0.553. The molecule has 2 rings (SSSR count). The van der Waals surface area contributed by atoms with E-state index in [0.717, 1.165) is 15.9 Å². The molecule has 0 unspecified atom stereocenters. The van der Waals surface area contributed by atoms with E-state index in [9.17, 15) is 0 Å². The Morgan fingerprint density at radius 1 is 1.50 bits per heavy atom. The number of aromatic nitrogens is 3. The van der Waals surface area contributed by atoms with E-state index in [-0.39, 0.29) is 0 Å². The van der Waals surface area contributed by atoms with Crippen LogP contribution in [-0.2, 0) is 13.6 Å². The monoisotopic (exact) mass is 330 g/mol. The number of nitrogens with zero attached hydrogens (tertiary/aromatic N) is 3. The van der Waals surface area contributed by atoms with Crippen LogP contribution < -0.4 is 10.1 Å². The summed E-state index contributed by atoms with van der Waals surface area (Å²) in [6.07, 6.45) is 1.85. The van der Waals surface area contributed by atoms with Crippen molar-refractivity contribution in [2.75, 3.05) is 12.4 Å². The van der Waals surface area contributed by atoms with Gasteiger partial charge in [-0.15, -0.1) is 5.10 Å². The van der Waals surface area contributed by atoms with E-state index < -0.39 is 0 Å². The minimum atomic E-state index is 0.553. The number of benzene rings is 1. The van der Waals surface area contributed by atoms with Gasteiger partial charge in [-0.05, 0) is 28.1 Å². The Kier molecular flexibility index (Phi) is 4.08. The third-order valence-corrected chi connectivity index (χ3v) is 3.13. The van der Waals surface area contributed by atoms with Crippen molar-refractivity contribution in [3.05, 3.63) is 33.5 Å². The van der Waals surface area contributed by atoms with E-state index in [0.29, 0.717) is 17.3 Å². The average Bonchev–Trinajstić information content (AvgIpc) is 2.72. The van der Waals surface area contributed by atoms with Crippen LogP contribution in [-0.4, -0.2) is 22.1 Å². The molecule has 0 aliphatic rings. The van der Waals surface area contributed by atoms with Gasteiger partial charge in [-0.3, -0.25) is 4.68 Å². The van der Waals surface area contributed by atoms with Crippen LogP contribution in [0.5, 0.6) is 5.75 Å². The Hall–Kier alpha value is -1.27. The molecule has 0 spiro atoms. The second-order valence-electron chi connectivity index (χ2n) is 3.71. The minimum Gasteiger partial charge on any atom is -0.493 e. The zero-order valence-electron chi connectivity index (χ0n) is 9.94. The SMILES string of the molecule is COc1c(Br)cc(Cl)cc1NCc1cn(C)nn1. The molecular formula is C11H12BrClN4O. The quantitative estimate of drug-likeness (QED) is 0.936. The molecule has 0 saturated heterocycles. The molecule has 1 N–H and O–H groups in total. The van der Waals surface area contributed by atoms with Crippen molar-refractivity contribution in [1.82, 2.24) is 15.0 Å². The molecule has 5 nitrogen and oxygen atoms in total. The highest BCUT2D eigenvalue weighted by Crippen LogP contribution is 2.36. The van der Waals surface area contributed by atoms with Gasteiger partial charge in [0.1, 0.15) is 5.69 Å². The molecule has 18 heavy (non-hydrogen) atoms. The fourth-order valence-corrected chi connectivity index (χ4v) is 2.53. The molecule has 1 aromatic carbocycles. The highest BCUT2D eigenvalue weighted by molar-refractivity contribution is 9.10. The number of methoxy groups -OCH3 is 1. The Bertz CT molecular complexity index is 558. The third-order valence-electron chi connectivity index (χ3n) is 2.32. The maximum Gasteiger partial charge on any atom is 0.156 e. The number of halogens is 2. The third kappa shape index (κ3) is 2.94. The van der Waals surface area contributed by atoms with E-state index in [4.69, 9.17) is 16.3 Å². The predicted octanol–water partition coefficient (Wildman–Crippen LogP) is 2.85. The van der Waals surface area contributed by atoms with E-state index in [2.05, 4.69) is 31.6 Å². The van der Waals surface area contributed by atoms with Gasteiger partial charge < -0.3 is 10.1 Å². The van der Waals surface area contributed by atoms with Gasteiger partial charge in [0.05, 0.1) is 23.8 Å². The average molecular weight is 332 g/mol. The van der Waals surface area contributed by atoms with Crippen LogP contribution >= 0.6 is 27.5 Å². The topological polar surface area (TPSA) is 52.0 Å². The first-order valence-corrected chi connectivity index (χ1v) is 6.39. The molecule has 1 aromatic heterocycles. The standard InChI is InChI=1S/C11H12BrClN4O/c1-17-6-8(15-16-17)5-14-10-4-7(13)3-9(12)11(10)18-2/h3-4,6,14H,5H2,1-2H3. The maximum atomic E-state index is 6.01. The van der Waals surface area contributed by atoms with Crippen LogP contribution in [0, 0.1) is 0 Å². The summed E-state index contributed by atoms with van der Waals surface area (Å²) in [5.41, 5.74) is 1.65. The van der Waals surface area contributed by atoms with Crippen molar-refractivity contribution in [1.29, 1.82) is 0 Å². The summed E-state index contributed by atoms with van der Waals surface area (Å²) in [5, 5.41) is 11.7. The fourth-order valence-electron chi connectivity index (χ4n) is 1.56. The van der Waals surface area contributed by atoms with Crippen molar-refractivity contribution in [2.45, 2.75) is 6.54 Å². The van der Waals surface area contributed by atoms with Gasteiger partial charge in [-0.1, -0.05) is 16.8 Å². The number of ether oxygens (including phenoxy) is 1. The van der Waals surface area contributed by atoms with E-state index in [1.165, 1.54) is 0 Å². The van der Waals surface area contributed by atoms with Crippen molar-refractivity contribution < 1.29 is 4.74 Å². The van der Waals surface area contributed by atoms with Crippen LogP contribution in [0.25, 0.3) is 0 Å². The highest BCUT2D eigenvalue weighted by Gasteiger charge is 2.09. The Balaban J connectivity index is 2.18. The lowest BCUT2D eigenvalue weighted by atomic mass is 10.3. The lowest BCUT2D eigenvalue weighted by Crippen LogP contribution is -2.02. The van der Waals surface area contributed by atoms with Gasteiger partial charge in [0.2, 0.25) is 0 Å². The molecule has 0 radical (unpaired) electrons. The highest BCUT2D eigenvalue weighted by atomic mass is 79.9. The molecule has 0 fully saturated rings. The number of hydrogen-bond acceptors (Lipinski definition) is 4. The summed E-state index contributed by atoms with van der Waals surface area (Å²) in [6, 6.07) is 3.59. The summed E-state index contributed by atoms with van der Waals surface area (Å²) in [7, 11) is 3.44. The fraction of sp³-hybridized carbons (Fsp3) is 0.273. The van der Waals surface area contributed by atoms with Crippen molar-refractivity contribution in [3.8, 4) is 5.75 Å². The smallest absolute Gasteiger partial charge is 0.156 e. The first-order chi connectivity index (χ1) is 8.60. The Morgan fingerprint density at radius 3 is 2.89 bits per heavy atom. The first-order valence-electron chi connectivity index (χ1n) is 5.22. The van der Waals surface area contributed by atoms with Crippen LogP contribution in [0.1, 0.15) is 5.69 Å². The molecule has 1 heterocycles. The second kappa shape index (κ2) is 5.58. The van der Waals surface area contributed by atoms with Gasteiger partial charge in [-0.25, -0.2) is 0 Å². The molecule has 0 aliphatic heterocycles. The zero-order valence-corrected chi connectivity index (χ0v) is 12.3. The van der Waals surface area contributed by atoms with E-state index in [1.807, 2.05) is 19.3 Å². The van der Waals surface area contributed by atoms with E-state index >= 15 is 0 Å². The predicted molar refractivity (Wildman–Crippen MR) is 74.0 cm³/mol. The van der Waals surface area contributed by atoms with Crippen LogP contribution in [0.3, 0.4) is 0 Å². The maximum absolute atomic E-state index is 6.01. The number of rotatable bonds is 4. The van der Waals surface area contributed by atoms with Crippen LogP contribution in [0.2, 0.25) is 5.02 Å². The van der Waals surface area contributed by atoms with Gasteiger partial charge in [-0.2, -0.15) is 0 Å².